The van der Waals surface area contributed by atoms with Crippen LogP contribution in [0, 0.1) is 5.92 Å². The number of fused-ring (bicyclic) bond motifs is 3. The maximum Gasteiger partial charge on any atom is 0.263 e. The molecule has 3 rings (SSSR count). The van der Waals surface area contributed by atoms with E-state index in [-0.39, 0.29) is 11.3 Å². The first-order valence-corrected chi connectivity index (χ1v) is 9.30. The van der Waals surface area contributed by atoms with E-state index in [9.17, 15) is 14.7 Å². The zero-order chi connectivity index (χ0) is 16.6. The summed E-state index contributed by atoms with van der Waals surface area (Å²) in [5.74, 6) is -0.774. The average Bonchev–Trinajstić information content (AvgIpc) is 2.85. The Morgan fingerprint density at radius 2 is 2.39 bits per heavy atom. The van der Waals surface area contributed by atoms with Crippen LogP contribution in [-0.4, -0.2) is 21.3 Å². The number of hydrogen-bond acceptors (Lipinski definition) is 6. The van der Waals surface area contributed by atoms with Gasteiger partial charge in [0.05, 0.1) is 11.4 Å². The fourth-order valence-corrected chi connectivity index (χ4v) is 5.08. The lowest BCUT2D eigenvalue weighted by molar-refractivity contribution is -0.301. The van der Waals surface area contributed by atoms with E-state index in [1.165, 1.54) is 9.44 Å². The minimum Gasteiger partial charge on any atom is -0.549 e. The first-order valence-electron chi connectivity index (χ1n) is 7.50. The third kappa shape index (κ3) is 3.07. The molecule has 0 bridgehead atoms. The first kappa shape index (κ1) is 16.3. The van der Waals surface area contributed by atoms with Crippen LogP contribution in [0.15, 0.2) is 22.6 Å². The number of thiophene rings is 1. The van der Waals surface area contributed by atoms with Crippen molar-refractivity contribution in [2.45, 2.75) is 37.9 Å². The number of rotatable bonds is 5. The van der Waals surface area contributed by atoms with Crippen LogP contribution in [0.3, 0.4) is 0 Å². The molecule has 1 aliphatic carbocycles. The molecule has 1 aliphatic rings. The van der Waals surface area contributed by atoms with Crippen LogP contribution in [0.5, 0.6) is 0 Å². The molecule has 0 aliphatic heterocycles. The van der Waals surface area contributed by atoms with E-state index in [4.69, 9.17) is 0 Å². The van der Waals surface area contributed by atoms with Gasteiger partial charge in [0, 0.05) is 17.2 Å². The molecule has 23 heavy (non-hydrogen) atoms. The van der Waals surface area contributed by atoms with Crippen molar-refractivity contribution in [1.82, 2.24) is 9.55 Å². The lowest BCUT2D eigenvalue weighted by atomic mass is 9.89. The zero-order valence-electron chi connectivity index (χ0n) is 12.8. The molecular formula is C16H17N2O3S2-. The van der Waals surface area contributed by atoms with Crippen molar-refractivity contribution in [1.29, 1.82) is 0 Å². The van der Waals surface area contributed by atoms with Gasteiger partial charge in [0.1, 0.15) is 4.83 Å². The molecule has 0 spiro atoms. The molecule has 2 aromatic rings. The third-order valence-corrected chi connectivity index (χ3v) is 6.11. The molecule has 5 nitrogen and oxygen atoms in total. The van der Waals surface area contributed by atoms with Crippen LogP contribution >= 0.6 is 23.1 Å². The molecule has 122 valence electrons. The second-order valence-corrected chi connectivity index (χ2v) is 7.82. The second kappa shape index (κ2) is 6.49. The van der Waals surface area contributed by atoms with Crippen LogP contribution in [0.25, 0.3) is 10.2 Å². The molecule has 2 aromatic heterocycles. The highest BCUT2D eigenvalue weighted by molar-refractivity contribution is 7.99. The number of aliphatic carboxylic acids is 1. The normalized spacial score (nSPS) is 17.2. The molecule has 0 fully saturated rings. The summed E-state index contributed by atoms with van der Waals surface area (Å²) < 4.78 is 1.51. The van der Waals surface area contributed by atoms with E-state index in [1.54, 1.807) is 17.4 Å². The SMILES string of the molecule is C=CCn1c(SCC(=O)[O-])nc2sc3c(c2c1=O)CC[C@H](C)C3. The Bertz CT molecular complexity index is 838. The van der Waals surface area contributed by atoms with Gasteiger partial charge in [-0.2, -0.15) is 0 Å². The molecule has 7 heteroatoms. The quantitative estimate of drug-likeness (QED) is 0.466. The van der Waals surface area contributed by atoms with Gasteiger partial charge in [-0.25, -0.2) is 4.98 Å². The molecule has 2 heterocycles. The third-order valence-electron chi connectivity index (χ3n) is 4.01. The van der Waals surface area contributed by atoms with Gasteiger partial charge < -0.3 is 9.90 Å². The lowest BCUT2D eigenvalue weighted by Gasteiger charge is -2.17. The second-order valence-electron chi connectivity index (χ2n) is 5.79. The van der Waals surface area contributed by atoms with Crippen molar-refractivity contribution in [2.24, 2.45) is 5.92 Å². The summed E-state index contributed by atoms with van der Waals surface area (Å²) in [4.78, 5) is 30.2. The summed E-state index contributed by atoms with van der Waals surface area (Å²) >= 11 is 2.59. The predicted molar refractivity (Wildman–Crippen MR) is 91.0 cm³/mol. The minimum atomic E-state index is -1.17. The molecular weight excluding hydrogens is 332 g/mol. The molecule has 0 aromatic carbocycles. The summed E-state index contributed by atoms with van der Waals surface area (Å²) in [5.41, 5.74) is 1.04. The van der Waals surface area contributed by atoms with Crippen LogP contribution in [0.4, 0.5) is 0 Å². The van der Waals surface area contributed by atoms with Crippen LogP contribution in [0.1, 0.15) is 23.8 Å². The topological polar surface area (TPSA) is 75.0 Å². The number of aromatic nitrogens is 2. The first-order chi connectivity index (χ1) is 11.0. The summed E-state index contributed by atoms with van der Waals surface area (Å²) in [5, 5.41) is 11.8. The molecule has 1 atom stereocenters. The van der Waals surface area contributed by atoms with E-state index < -0.39 is 5.97 Å². The Labute approximate surface area is 142 Å². The van der Waals surface area contributed by atoms with Gasteiger partial charge >= 0.3 is 0 Å². The van der Waals surface area contributed by atoms with Gasteiger partial charge in [-0.15, -0.1) is 17.9 Å². The van der Waals surface area contributed by atoms with Crippen molar-refractivity contribution in [3.8, 4) is 0 Å². The number of allylic oxidation sites excluding steroid dienone is 1. The van der Waals surface area contributed by atoms with Crippen molar-refractivity contribution in [3.05, 3.63) is 33.4 Å². The lowest BCUT2D eigenvalue weighted by Crippen LogP contribution is -2.27. The maximum atomic E-state index is 12.9. The summed E-state index contributed by atoms with van der Waals surface area (Å²) in [6, 6.07) is 0. The van der Waals surface area contributed by atoms with E-state index in [2.05, 4.69) is 18.5 Å². The highest BCUT2D eigenvalue weighted by atomic mass is 32.2. The monoisotopic (exact) mass is 349 g/mol. The van der Waals surface area contributed by atoms with E-state index in [0.29, 0.717) is 23.0 Å². The summed E-state index contributed by atoms with van der Waals surface area (Å²) in [6.07, 6.45) is 4.60. The van der Waals surface area contributed by atoms with Crippen molar-refractivity contribution < 1.29 is 9.90 Å². The van der Waals surface area contributed by atoms with Crippen molar-refractivity contribution in [2.75, 3.05) is 5.75 Å². The maximum absolute atomic E-state index is 12.9. The average molecular weight is 349 g/mol. The van der Waals surface area contributed by atoms with Gasteiger partial charge in [0.25, 0.3) is 5.56 Å². The Balaban J connectivity index is 2.17. The molecule has 0 amide bonds. The zero-order valence-corrected chi connectivity index (χ0v) is 14.5. The Kier molecular flexibility index (Phi) is 4.59. The number of hydrogen-bond donors (Lipinski definition) is 0. The smallest absolute Gasteiger partial charge is 0.263 e. The van der Waals surface area contributed by atoms with E-state index >= 15 is 0 Å². The van der Waals surface area contributed by atoms with Crippen LogP contribution in [-0.2, 0) is 24.2 Å². The summed E-state index contributed by atoms with van der Waals surface area (Å²) in [7, 11) is 0. The number of carbonyl (C=O) groups excluding carboxylic acids is 1. The molecule has 0 saturated heterocycles. The number of thioether (sulfide) groups is 1. The van der Waals surface area contributed by atoms with Crippen LogP contribution < -0.4 is 10.7 Å². The Hall–Kier alpha value is -1.60. The minimum absolute atomic E-state index is 0.0946. The van der Waals surface area contributed by atoms with Gasteiger partial charge in [0.15, 0.2) is 5.16 Å². The van der Waals surface area contributed by atoms with E-state index in [1.807, 2.05) is 0 Å². The van der Waals surface area contributed by atoms with Gasteiger partial charge in [-0.3, -0.25) is 9.36 Å². The van der Waals surface area contributed by atoms with Gasteiger partial charge in [-0.1, -0.05) is 24.8 Å². The predicted octanol–water partition coefficient (Wildman–Crippen LogP) is 1.61. The Morgan fingerprint density at radius 1 is 1.61 bits per heavy atom. The van der Waals surface area contributed by atoms with E-state index in [0.717, 1.165) is 41.4 Å². The fraction of sp³-hybridized carbons (Fsp3) is 0.438. The molecule has 0 saturated carbocycles. The molecule has 0 unspecified atom stereocenters. The van der Waals surface area contributed by atoms with Crippen LogP contribution in [0.2, 0.25) is 0 Å². The highest BCUT2D eigenvalue weighted by Crippen LogP contribution is 2.36. The highest BCUT2D eigenvalue weighted by Gasteiger charge is 2.24. The largest absolute Gasteiger partial charge is 0.549 e. The Morgan fingerprint density at radius 3 is 3.09 bits per heavy atom. The number of nitrogens with zero attached hydrogens (tertiary/aromatic N) is 2. The number of carbonyl (C=O) groups is 1. The standard InChI is InChI=1S/C16H18N2O3S2/c1-3-6-18-15(21)13-10-5-4-9(2)7-11(10)23-14(13)17-16(18)22-8-12(19)20/h3,9H,1,4-8H2,2H3,(H,19,20)/p-1/t9-/m0/s1. The molecule has 0 radical (unpaired) electrons. The molecule has 0 N–H and O–H groups in total. The van der Waals surface area contributed by atoms with Gasteiger partial charge in [-0.05, 0) is 30.7 Å². The van der Waals surface area contributed by atoms with Gasteiger partial charge in [0.2, 0.25) is 0 Å². The van der Waals surface area contributed by atoms with Crippen molar-refractivity contribution in [3.63, 3.8) is 0 Å². The number of carboxylic acid groups (broad SMARTS) is 1. The van der Waals surface area contributed by atoms with Crippen molar-refractivity contribution >= 4 is 39.3 Å². The summed E-state index contributed by atoms with van der Waals surface area (Å²) in [6.45, 7) is 6.21. The number of carboxylic acids is 1. The number of aryl methyl sites for hydroxylation is 1. The fourth-order valence-electron chi connectivity index (χ4n) is 2.93.